The summed E-state index contributed by atoms with van der Waals surface area (Å²) in [5.41, 5.74) is 9.35. The van der Waals surface area contributed by atoms with Gasteiger partial charge in [0.25, 0.3) is 0 Å². The topological polar surface area (TPSA) is 38.9 Å². The second-order valence-corrected chi connectivity index (χ2v) is 4.62. The Balaban J connectivity index is 2.39. The van der Waals surface area contributed by atoms with Gasteiger partial charge in [0.2, 0.25) is 0 Å². The number of hydrogen-bond donors (Lipinski definition) is 1. The van der Waals surface area contributed by atoms with Gasteiger partial charge in [-0.15, -0.1) is 0 Å². The Hall–Kier alpha value is -1.19. The molecule has 2 rings (SSSR count). The normalized spacial score (nSPS) is 12.4. The summed E-state index contributed by atoms with van der Waals surface area (Å²) in [6.45, 7) is 2.06. The third kappa shape index (κ3) is 2.31. The van der Waals surface area contributed by atoms with Crippen LogP contribution in [-0.2, 0) is 0 Å². The monoisotopic (exact) mass is 276 g/mol. The van der Waals surface area contributed by atoms with Crippen LogP contribution in [0.2, 0.25) is 0 Å². The van der Waals surface area contributed by atoms with Crippen molar-refractivity contribution in [3.8, 4) is 0 Å². The Morgan fingerprint density at radius 2 is 2.06 bits per heavy atom. The zero-order valence-corrected chi connectivity index (χ0v) is 10.6. The van der Waals surface area contributed by atoms with Gasteiger partial charge in [-0.1, -0.05) is 29.8 Å². The van der Waals surface area contributed by atoms with Gasteiger partial charge in [-0.05, 0) is 40.5 Å². The van der Waals surface area contributed by atoms with Gasteiger partial charge in [-0.2, -0.15) is 0 Å². The van der Waals surface area contributed by atoms with Crippen LogP contribution in [0.15, 0.2) is 47.1 Å². The standard InChI is InChI=1S/C13H13BrN2/c1-9-4-2-5-10(8-9)12(15)13-11(14)6-3-7-16-13/h2-8,12H,15H2,1H3. The Morgan fingerprint density at radius 1 is 1.25 bits per heavy atom. The number of benzene rings is 1. The molecule has 1 heterocycles. The Kier molecular flexibility index (Phi) is 3.36. The molecule has 0 aliphatic rings. The molecular weight excluding hydrogens is 264 g/mol. The molecule has 1 atom stereocenters. The van der Waals surface area contributed by atoms with Gasteiger partial charge in [0, 0.05) is 10.7 Å². The molecule has 82 valence electrons. The highest BCUT2D eigenvalue weighted by atomic mass is 79.9. The summed E-state index contributed by atoms with van der Waals surface area (Å²) in [7, 11) is 0. The van der Waals surface area contributed by atoms with E-state index in [4.69, 9.17) is 5.73 Å². The first-order chi connectivity index (χ1) is 7.68. The smallest absolute Gasteiger partial charge is 0.0758 e. The predicted molar refractivity (Wildman–Crippen MR) is 69.1 cm³/mol. The Bertz CT molecular complexity index is 497. The van der Waals surface area contributed by atoms with E-state index in [9.17, 15) is 0 Å². The predicted octanol–water partition coefficient (Wildman–Crippen LogP) is 3.20. The molecule has 1 unspecified atom stereocenters. The summed E-state index contributed by atoms with van der Waals surface area (Å²) in [5, 5.41) is 0. The highest BCUT2D eigenvalue weighted by molar-refractivity contribution is 9.10. The van der Waals surface area contributed by atoms with Crippen LogP contribution < -0.4 is 5.73 Å². The zero-order valence-electron chi connectivity index (χ0n) is 9.02. The largest absolute Gasteiger partial charge is 0.319 e. The molecule has 0 fully saturated rings. The van der Waals surface area contributed by atoms with E-state index in [1.54, 1.807) is 6.20 Å². The molecule has 0 radical (unpaired) electrons. The fourth-order valence-corrected chi connectivity index (χ4v) is 2.15. The van der Waals surface area contributed by atoms with E-state index in [2.05, 4.69) is 40.0 Å². The van der Waals surface area contributed by atoms with Crippen molar-refractivity contribution in [1.82, 2.24) is 4.98 Å². The van der Waals surface area contributed by atoms with Crippen LogP contribution >= 0.6 is 15.9 Å². The number of halogens is 1. The molecule has 0 saturated heterocycles. The van der Waals surface area contributed by atoms with Crippen molar-refractivity contribution in [3.63, 3.8) is 0 Å². The molecule has 1 aromatic heterocycles. The molecule has 1 aromatic carbocycles. The summed E-state index contributed by atoms with van der Waals surface area (Å²) in [5.74, 6) is 0. The lowest BCUT2D eigenvalue weighted by molar-refractivity contribution is 0.821. The van der Waals surface area contributed by atoms with E-state index in [0.717, 1.165) is 15.7 Å². The number of nitrogens with zero attached hydrogens (tertiary/aromatic N) is 1. The van der Waals surface area contributed by atoms with Crippen LogP contribution in [0.5, 0.6) is 0 Å². The molecule has 0 saturated carbocycles. The van der Waals surface area contributed by atoms with Crippen LogP contribution in [0.3, 0.4) is 0 Å². The van der Waals surface area contributed by atoms with Gasteiger partial charge in [-0.25, -0.2) is 0 Å². The molecule has 0 spiro atoms. The van der Waals surface area contributed by atoms with Crippen LogP contribution in [0.1, 0.15) is 22.9 Å². The Morgan fingerprint density at radius 3 is 2.75 bits per heavy atom. The second kappa shape index (κ2) is 4.76. The average molecular weight is 277 g/mol. The molecule has 0 aliphatic heterocycles. The van der Waals surface area contributed by atoms with Crippen molar-refractivity contribution in [2.75, 3.05) is 0 Å². The second-order valence-electron chi connectivity index (χ2n) is 3.76. The van der Waals surface area contributed by atoms with Gasteiger partial charge in [0.05, 0.1) is 11.7 Å². The molecule has 0 amide bonds. The van der Waals surface area contributed by atoms with Crippen molar-refractivity contribution < 1.29 is 0 Å². The molecule has 3 heteroatoms. The van der Waals surface area contributed by atoms with Gasteiger partial charge >= 0.3 is 0 Å². The highest BCUT2D eigenvalue weighted by Gasteiger charge is 2.12. The minimum atomic E-state index is -0.185. The molecule has 16 heavy (non-hydrogen) atoms. The first-order valence-electron chi connectivity index (χ1n) is 5.11. The number of aromatic nitrogens is 1. The fourth-order valence-electron chi connectivity index (χ4n) is 1.65. The number of hydrogen-bond acceptors (Lipinski definition) is 2. The molecular formula is C13H13BrN2. The van der Waals surface area contributed by atoms with E-state index >= 15 is 0 Å². The summed E-state index contributed by atoms with van der Waals surface area (Å²) < 4.78 is 0.948. The molecule has 0 aliphatic carbocycles. The third-order valence-corrected chi connectivity index (χ3v) is 3.15. The van der Waals surface area contributed by atoms with E-state index < -0.39 is 0 Å². The average Bonchev–Trinajstić information content (AvgIpc) is 2.29. The first kappa shape index (κ1) is 11.3. The minimum Gasteiger partial charge on any atom is -0.319 e. The number of aryl methyl sites for hydroxylation is 1. The van der Waals surface area contributed by atoms with Crippen LogP contribution in [0.25, 0.3) is 0 Å². The Labute approximate surface area is 104 Å². The van der Waals surface area contributed by atoms with Crippen LogP contribution in [-0.4, -0.2) is 4.98 Å². The van der Waals surface area contributed by atoms with Crippen molar-refractivity contribution in [1.29, 1.82) is 0 Å². The summed E-state index contributed by atoms with van der Waals surface area (Å²) >= 11 is 3.47. The maximum absolute atomic E-state index is 6.19. The van der Waals surface area contributed by atoms with Crippen molar-refractivity contribution in [3.05, 3.63) is 63.9 Å². The fraction of sp³-hybridized carbons (Fsp3) is 0.154. The van der Waals surface area contributed by atoms with E-state index in [-0.39, 0.29) is 6.04 Å². The zero-order chi connectivity index (χ0) is 11.5. The summed E-state index contributed by atoms with van der Waals surface area (Å²) in [6, 6.07) is 11.8. The van der Waals surface area contributed by atoms with Gasteiger partial charge in [0.1, 0.15) is 0 Å². The van der Waals surface area contributed by atoms with Gasteiger partial charge in [0.15, 0.2) is 0 Å². The SMILES string of the molecule is Cc1cccc(C(N)c2ncccc2Br)c1. The van der Waals surface area contributed by atoms with Crippen molar-refractivity contribution in [2.45, 2.75) is 13.0 Å². The highest BCUT2D eigenvalue weighted by Crippen LogP contribution is 2.24. The van der Waals surface area contributed by atoms with Gasteiger partial charge < -0.3 is 5.73 Å². The lowest BCUT2D eigenvalue weighted by Gasteiger charge is -2.13. The lowest BCUT2D eigenvalue weighted by Crippen LogP contribution is -2.14. The molecule has 0 bridgehead atoms. The van der Waals surface area contributed by atoms with Gasteiger partial charge in [-0.3, -0.25) is 4.98 Å². The van der Waals surface area contributed by atoms with E-state index in [1.807, 2.05) is 24.3 Å². The van der Waals surface area contributed by atoms with E-state index in [1.165, 1.54) is 5.56 Å². The van der Waals surface area contributed by atoms with Crippen molar-refractivity contribution in [2.24, 2.45) is 5.73 Å². The lowest BCUT2D eigenvalue weighted by atomic mass is 10.0. The third-order valence-electron chi connectivity index (χ3n) is 2.48. The van der Waals surface area contributed by atoms with Crippen LogP contribution in [0.4, 0.5) is 0 Å². The molecule has 2 N–H and O–H groups in total. The van der Waals surface area contributed by atoms with Crippen LogP contribution in [0, 0.1) is 6.92 Å². The maximum atomic E-state index is 6.19. The number of pyridine rings is 1. The molecule has 2 nitrogen and oxygen atoms in total. The number of nitrogens with two attached hydrogens (primary N) is 1. The number of rotatable bonds is 2. The first-order valence-corrected chi connectivity index (χ1v) is 5.90. The summed E-state index contributed by atoms with van der Waals surface area (Å²) in [4.78, 5) is 4.31. The quantitative estimate of drug-likeness (QED) is 0.915. The molecule has 2 aromatic rings. The minimum absolute atomic E-state index is 0.185. The van der Waals surface area contributed by atoms with E-state index in [0.29, 0.717) is 0 Å². The van der Waals surface area contributed by atoms with Crippen molar-refractivity contribution >= 4 is 15.9 Å². The summed E-state index contributed by atoms with van der Waals surface area (Å²) in [6.07, 6.45) is 1.76. The maximum Gasteiger partial charge on any atom is 0.0758 e.